The van der Waals surface area contributed by atoms with Crippen LogP contribution in [0, 0.1) is 0 Å². The molecule has 0 bridgehead atoms. The van der Waals surface area contributed by atoms with Crippen LogP contribution in [0.5, 0.6) is 0 Å². The molecule has 0 spiro atoms. The van der Waals surface area contributed by atoms with Crippen LogP contribution in [-0.4, -0.2) is 24.0 Å². The van der Waals surface area contributed by atoms with E-state index in [1.54, 1.807) is 4.90 Å². The summed E-state index contributed by atoms with van der Waals surface area (Å²) in [4.78, 5) is 13.8. The van der Waals surface area contributed by atoms with Crippen molar-refractivity contribution in [2.24, 2.45) is 0 Å². The number of hydrogen-bond donors (Lipinski definition) is 1. The van der Waals surface area contributed by atoms with Crippen LogP contribution in [0.1, 0.15) is 13.8 Å². The van der Waals surface area contributed by atoms with E-state index in [2.05, 4.69) is 5.32 Å². The van der Waals surface area contributed by atoms with Crippen LogP contribution in [0.4, 0.5) is 10.5 Å². The highest BCUT2D eigenvalue weighted by Gasteiger charge is 2.10. The summed E-state index contributed by atoms with van der Waals surface area (Å²) in [5.74, 6) is 0. The summed E-state index contributed by atoms with van der Waals surface area (Å²) in [5, 5.41) is 5.18. The van der Waals surface area contributed by atoms with Gasteiger partial charge in [0.1, 0.15) is 0 Å². The van der Waals surface area contributed by atoms with Gasteiger partial charge in [0.15, 0.2) is 0 Å². The molecule has 3 heteroatoms. The van der Waals surface area contributed by atoms with Gasteiger partial charge in [-0.25, -0.2) is 4.79 Å². The van der Waals surface area contributed by atoms with Gasteiger partial charge in [0.05, 0.1) is 5.69 Å². The standard InChI is InChI=1S/C15H18N2O/c1-3-17(4-2)15(18)16-14-11-7-9-12-8-5-6-10-13(12)14/h5-11H,3-4H2,1-2H3,(H,16,18). The van der Waals surface area contributed by atoms with Crippen LogP contribution in [0.3, 0.4) is 0 Å². The molecular formula is C15H18N2O. The normalized spacial score (nSPS) is 10.3. The molecule has 0 aliphatic carbocycles. The van der Waals surface area contributed by atoms with Crippen molar-refractivity contribution in [3.63, 3.8) is 0 Å². The molecule has 2 aromatic rings. The molecule has 0 aliphatic heterocycles. The maximum Gasteiger partial charge on any atom is 0.321 e. The molecule has 0 fully saturated rings. The number of amides is 2. The zero-order valence-corrected chi connectivity index (χ0v) is 10.8. The molecule has 94 valence electrons. The predicted molar refractivity (Wildman–Crippen MR) is 75.9 cm³/mol. The molecular weight excluding hydrogens is 224 g/mol. The number of rotatable bonds is 3. The third-order valence-corrected chi connectivity index (χ3v) is 3.08. The van der Waals surface area contributed by atoms with Gasteiger partial charge >= 0.3 is 6.03 Å². The van der Waals surface area contributed by atoms with Gasteiger partial charge in [0, 0.05) is 18.5 Å². The van der Waals surface area contributed by atoms with Crippen LogP contribution < -0.4 is 5.32 Å². The number of fused-ring (bicyclic) bond motifs is 1. The van der Waals surface area contributed by atoms with Gasteiger partial charge in [-0.3, -0.25) is 0 Å². The third-order valence-electron chi connectivity index (χ3n) is 3.08. The molecule has 1 N–H and O–H groups in total. The van der Waals surface area contributed by atoms with Crippen LogP contribution in [0.2, 0.25) is 0 Å². The van der Waals surface area contributed by atoms with E-state index in [9.17, 15) is 4.79 Å². The first-order valence-corrected chi connectivity index (χ1v) is 6.30. The summed E-state index contributed by atoms with van der Waals surface area (Å²) in [5.41, 5.74) is 0.866. The SMILES string of the molecule is CCN(CC)C(=O)Nc1cccc2ccccc12. The lowest BCUT2D eigenvalue weighted by Crippen LogP contribution is -2.34. The van der Waals surface area contributed by atoms with Gasteiger partial charge < -0.3 is 10.2 Å². The van der Waals surface area contributed by atoms with Crippen LogP contribution in [0.25, 0.3) is 10.8 Å². The van der Waals surface area contributed by atoms with Gasteiger partial charge in [0.25, 0.3) is 0 Å². The van der Waals surface area contributed by atoms with Gasteiger partial charge in [-0.1, -0.05) is 36.4 Å². The molecule has 0 aromatic heterocycles. The van der Waals surface area contributed by atoms with Gasteiger partial charge in [0.2, 0.25) is 0 Å². The zero-order chi connectivity index (χ0) is 13.0. The molecule has 0 radical (unpaired) electrons. The highest BCUT2D eigenvalue weighted by Crippen LogP contribution is 2.23. The Labute approximate surface area is 107 Å². The van der Waals surface area contributed by atoms with E-state index >= 15 is 0 Å². The van der Waals surface area contributed by atoms with Gasteiger partial charge in [-0.15, -0.1) is 0 Å². The molecule has 2 aromatic carbocycles. The van der Waals surface area contributed by atoms with Crippen molar-refractivity contribution in [2.75, 3.05) is 18.4 Å². The molecule has 3 nitrogen and oxygen atoms in total. The van der Waals surface area contributed by atoms with E-state index in [4.69, 9.17) is 0 Å². The summed E-state index contributed by atoms with van der Waals surface area (Å²) in [6.07, 6.45) is 0. The van der Waals surface area contributed by atoms with Gasteiger partial charge in [-0.05, 0) is 25.3 Å². The fraction of sp³-hybridized carbons (Fsp3) is 0.267. The molecule has 0 atom stereocenters. The quantitative estimate of drug-likeness (QED) is 0.874. The van der Waals surface area contributed by atoms with Crippen molar-refractivity contribution < 1.29 is 4.79 Å². The van der Waals surface area contributed by atoms with Crippen molar-refractivity contribution in [3.8, 4) is 0 Å². The predicted octanol–water partition coefficient (Wildman–Crippen LogP) is 3.71. The summed E-state index contributed by atoms with van der Waals surface area (Å²) < 4.78 is 0. The molecule has 0 saturated carbocycles. The van der Waals surface area contributed by atoms with Crippen LogP contribution >= 0.6 is 0 Å². The monoisotopic (exact) mass is 242 g/mol. The maximum absolute atomic E-state index is 12.0. The Morgan fingerprint density at radius 1 is 1.06 bits per heavy atom. The number of carbonyl (C=O) groups is 1. The second-order valence-corrected chi connectivity index (χ2v) is 4.13. The maximum atomic E-state index is 12.0. The molecule has 0 saturated heterocycles. The number of anilines is 1. The Morgan fingerprint density at radius 2 is 1.72 bits per heavy atom. The van der Waals surface area contributed by atoms with E-state index < -0.39 is 0 Å². The number of hydrogen-bond acceptors (Lipinski definition) is 1. The van der Waals surface area contributed by atoms with Crippen LogP contribution in [0.15, 0.2) is 42.5 Å². The van der Waals surface area contributed by atoms with Gasteiger partial charge in [-0.2, -0.15) is 0 Å². The second-order valence-electron chi connectivity index (χ2n) is 4.13. The summed E-state index contributed by atoms with van der Waals surface area (Å²) in [7, 11) is 0. The van der Waals surface area contributed by atoms with Crippen molar-refractivity contribution in [2.45, 2.75) is 13.8 Å². The minimum atomic E-state index is -0.0450. The molecule has 2 amide bonds. The lowest BCUT2D eigenvalue weighted by atomic mass is 10.1. The molecule has 18 heavy (non-hydrogen) atoms. The minimum absolute atomic E-state index is 0.0450. The van der Waals surface area contributed by atoms with E-state index in [0.29, 0.717) is 13.1 Å². The average molecular weight is 242 g/mol. The number of nitrogens with zero attached hydrogens (tertiary/aromatic N) is 1. The van der Waals surface area contributed by atoms with E-state index in [-0.39, 0.29) is 6.03 Å². The Morgan fingerprint density at radius 3 is 2.44 bits per heavy atom. The first-order valence-electron chi connectivity index (χ1n) is 6.30. The van der Waals surface area contributed by atoms with Crippen molar-refractivity contribution >= 4 is 22.5 Å². The highest BCUT2D eigenvalue weighted by atomic mass is 16.2. The fourth-order valence-corrected chi connectivity index (χ4v) is 2.04. The van der Waals surface area contributed by atoms with E-state index in [0.717, 1.165) is 16.5 Å². The summed E-state index contributed by atoms with van der Waals surface area (Å²) >= 11 is 0. The Hall–Kier alpha value is -2.03. The topological polar surface area (TPSA) is 32.3 Å². The molecule has 0 heterocycles. The number of nitrogens with one attached hydrogen (secondary N) is 1. The molecule has 0 unspecified atom stereocenters. The summed E-state index contributed by atoms with van der Waals surface area (Å²) in [6.45, 7) is 5.39. The number of benzene rings is 2. The average Bonchev–Trinajstić information content (AvgIpc) is 2.40. The molecule has 0 aliphatic rings. The molecule has 2 rings (SSSR count). The minimum Gasteiger partial charge on any atom is -0.325 e. The van der Waals surface area contributed by atoms with Crippen LogP contribution in [-0.2, 0) is 0 Å². The lowest BCUT2D eigenvalue weighted by molar-refractivity contribution is 0.217. The Balaban J connectivity index is 2.29. The van der Waals surface area contributed by atoms with Crippen molar-refractivity contribution in [3.05, 3.63) is 42.5 Å². The third kappa shape index (κ3) is 2.45. The first-order chi connectivity index (χ1) is 8.76. The fourth-order valence-electron chi connectivity index (χ4n) is 2.04. The smallest absolute Gasteiger partial charge is 0.321 e. The second kappa shape index (κ2) is 5.54. The van der Waals surface area contributed by atoms with E-state index in [1.807, 2.05) is 56.3 Å². The zero-order valence-electron chi connectivity index (χ0n) is 10.8. The Bertz CT molecular complexity index is 542. The van der Waals surface area contributed by atoms with Crippen molar-refractivity contribution in [1.82, 2.24) is 4.90 Å². The largest absolute Gasteiger partial charge is 0.325 e. The lowest BCUT2D eigenvalue weighted by Gasteiger charge is -2.19. The number of urea groups is 1. The summed E-state index contributed by atoms with van der Waals surface area (Å²) in [6, 6.07) is 13.9. The van der Waals surface area contributed by atoms with E-state index in [1.165, 1.54) is 0 Å². The highest BCUT2D eigenvalue weighted by molar-refractivity contribution is 6.01. The first kappa shape index (κ1) is 12.4. The number of carbonyl (C=O) groups excluding carboxylic acids is 1. The Kier molecular flexibility index (Phi) is 3.82. The van der Waals surface area contributed by atoms with Crippen molar-refractivity contribution in [1.29, 1.82) is 0 Å².